The largest absolute Gasteiger partial charge is 0.384 e. The molecule has 4 nitrogen and oxygen atoms in total. The van der Waals surface area contributed by atoms with Gasteiger partial charge in [-0.1, -0.05) is 144 Å². The van der Waals surface area contributed by atoms with E-state index < -0.39 is 6.10 Å². The maximum absolute atomic E-state index is 12.6. The molecular weight excluding hydrogens is 748 g/mol. The first-order valence-corrected chi connectivity index (χ1v) is 20.0. The Balaban J connectivity index is 1.15. The van der Waals surface area contributed by atoms with E-state index in [2.05, 4.69) is 77.6 Å². The third kappa shape index (κ3) is 7.13. The van der Waals surface area contributed by atoms with Gasteiger partial charge in [0.25, 0.3) is 0 Å². The second kappa shape index (κ2) is 15.6. The second-order valence-corrected chi connectivity index (χ2v) is 16.4. The molecule has 1 unspecified atom stereocenters. The summed E-state index contributed by atoms with van der Waals surface area (Å²) in [6, 6.07) is 46.4. The van der Waals surface area contributed by atoms with Crippen molar-refractivity contribution in [2.75, 3.05) is 0 Å². The van der Waals surface area contributed by atoms with Crippen molar-refractivity contribution in [3.8, 4) is 0 Å². The van der Waals surface area contributed by atoms with Crippen LogP contribution in [0.15, 0.2) is 159 Å². The molecule has 0 saturated heterocycles. The molecule has 6 aromatic carbocycles. The Morgan fingerprint density at radius 3 is 1.72 bits per heavy atom. The Labute approximate surface area is 333 Å². The van der Waals surface area contributed by atoms with Crippen molar-refractivity contribution in [3.63, 3.8) is 0 Å². The van der Waals surface area contributed by atoms with Crippen LogP contribution in [0.1, 0.15) is 50.1 Å². The fourth-order valence-electron chi connectivity index (χ4n) is 7.22. The lowest BCUT2D eigenvalue weighted by Gasteiger charge is -2.19. The molecule has 0 amide bonds. The molecule has 54 heavy (non-hydrogen) atoms. The van der Waals surface area contributed by atoms with Crippen LogP contribution in [0.25, 0.3) is 21.8 Å². The highest BCUT2D eigenvalue weighted by atomic mass is 35.5. The van der Waals surface area contributed by atoms with Crippen molar-refractivity contribution < 1.29 is 9.90 Å². The molecule has 8 rings (SSSR count). The number of aromatic nitrogens is 2. The average Bonchev–Trinajstić information content (AvgIpc) is 3.59. The third-order valence-corrected chi connectivity index (χ3v) is 12.9. The SMILES string of the molecule is Cc1c(Sc2cccc(C(O)c3c(C=O)cccc3Sc3c(C)n(Cc4ccccc4)c4cc(Cl)ccc34)c2)c2ccc(Cl)cc2n1Cc1ccccc1. The van der Waals surface area contributed by atoms with Gasteiger partial charge in [0.1, 0.15) is 12.4 Å². The minimum atomic E-state index is -1.04. The average molecular weight is 784 g/mol. The lowest BCUT2D eigenvalue weighted by atomic mass is 9.97. The number of hydrogen-bond acceptors (Lipinski definition) is 4. The van der Waals surface area contributed by atoms with Gasteiger partial charge in [-0.3, -0.25) is 4.79 Å². The second-order valence-electron chi connectivity index (χ2n) is 13.4. The zero-order valence-electron chi connectivity index (χ0n) is 29.7. The molecular formula is C46H36Cl2N2O2S2. The predicted octanol–water partition coefficient (Wildman–Crippen LogP) is 12.8. The van der Waals surface area contributed by atoms with Gasteiger partial charge >= 0.3 is 0 Å². The van der Waals surface area contributed by atoms with Crippen molar-refractivity contribution in [2.45, 2.75) is 52.6 Å². The van der Waals surface area contributed by atoms with Crippen molar-refractivity contribution in [1.29, 1.82) is 0 Å². The van der Waals surface area contributed by atoms with Crippen LogP contribution in [0.5, 0.6) is 0 Å². The Morgan fingerprint density at radius 2 is 1.17 bits per heavy atom. The van der Waals surface area contributed by atoms with Crippen molar-refractivity contribution in [2.24, 2.45) is 0 Å². The molecule has 0 saturated carbocycles. The quantitative estimate of drug-likeness (QED) is 0.133. The molecule has 0 bridgehead atoms. The van der Waals surface area contributed by atoms with Gasteiger partial charge in [0.15, 0.2) is 0 Å². The highest BCUT2D eigenvalue weighted by Crippen LogP contribution is 2.45. The van der Waals surface area contributed by atoms with Crippen molar-refractivity contribution >= 4 is 74.8 Å². The third-order valence-electron chi connectivity index (χ3n) is 9.93. The summed E-state index contributed by atoms with van der Waals surface area (Å²) < 4.78 is 4.60. The van der Waals surface area contributed by atoms with E-state index in [4.69, 9.17) is 23.2 Å². The predicted molar refractivity (Wildman–Crippen MR) is 225 cm³/mol. The standard InChI is InChI=1S/C46H36Cl2N2O2S2/c1-29-45(38-21-19-35(47)24-40(38)49(29)26-31-11-5-3-6-12-31)53-37-17-9-15-33(23-37)44(52)43-34(28-51)16-10-18-42(43)54-46-30(2)50(27-32-13-7-4-8-14-32)41-25-36(48)20-22-39(41)46/h3-25,28,44,52H,26-27H2,1-2H3. The molecule has 0 fully saturated rings. The molecule has 1 atom stereocenters. The highest BCUT2D eigenvalue weighted by Gasteiger charge is 2.24. The summed E-state index contributed by atoms with van der Waals surface area (Å²) in [4.78, 5) is 16.6. The molecule has 268 valence electrons. The summed E-state index contributed by atoms with van der Waals surface area (Å²) in [7, 11) is 0. The van der Waals surface area contributed by atoms with E-state index in [0.29, 0.717) is 33.3 Å². The molecule has 0 spiro atoms. The van der Waals surface area contributed by atoms with E-state index in [0.717, 1.165) is 65.6 Å². The minimum absolute atomic E-state index is 0.455. The first-order valence-electron chi connectivity index (χ1n) is 17.7. The highest BCUT2D eigenvalue weighted by molar-refractivity contribution is 8.00. The normalized spacial score (nSPS) is 12.1. The van der Waals surface area contributed by atoms with E-state index in [9.17, 15) is 9.90 Å². The molecule has 0 radical (unpaired) electrons. The molecule has 8 heteroatoms. The summed E-state index contributed by atoms with van der Waals surface area (Å²) in [5, 5.41) is 15.7. The smallest absolute Gasteiger partial charge is 0.150 e. The number of carbonyl (C=O) groups is 1. The van der Waals surface area contributed by atoms with E-state index in [1.165, 1.54) is 11.1 Å². The lowest BCUT2D eigenvalue weighted by Crippen LogP contribution is -2.06. The fourth-order valence-corrected chi connectivity index (χ4v) is 9.92. The summed E-state index contributed by atoms with van der Waals surface area (Å²) in [6.45, 7) is 5.68. The minimum Gasteiger partial charge on any atom is -0.384 e. The number of aliphatic hydroxyl groups excluding tert-OH is 1. The van der Waals surface area contributed by atoms with E-state index in [1.807, 2.05) is 78.9 Å². The van der Waals surface area contributed by atoms with Gasteiger partial charge in [0.2, 0.25) is 0 Å². The number of carbonyl (C=O) groups excluding carboxylic acids is 1. The number of fused-ring (bicyclic) bond motifs is 2. The first-order chi connectivity index (χ1) is 26.3. The van der Waals surface area contributed by atoms with Crippen LogP contribution in [0.4, 0.5) is 0 Å². The topological polar surface area (TPSA) is 47.2 Å². The van der Waals surface area contributed by atoms with Gasteiger partial charge in [-0.15, -0.1) is 0 Å². The molecule has 1 N–H and O–H groups in total. The molecule has 2 heterocycles. The lowest BCUT2D eigenvalue weighted by molar-refractivity contribution is 0.111. The zero-order chi connectivity index (χ0) is 37.3. The monoisotopic (exact) mass is 782 g/mol. The molecule has 0 aliphatic rings. The van der Waals surface area contributed by atoms with Crippen LogP contribution in [0.3, 0.4) is 0 Å². The van der Waals surface area contributed by atoms with Crippen LogP contribution >= 0.6 is 46.7 Å². The zero-order valence-corrected chi connectivity index (χ0v) is 32.8. The molecule has 0 aliphatic carbocycles. The van der Waals surface area contributed by atoms with E-state index in [1.54, 1.807) is 29.6 Å². The van der Waals surface area contributed by atoms with Gasteiger partial charge < -0.3 is 14.2 Å². The number of benzene rings is 6. The van der Waals surface area contributed by atoms with Crippen LogP contribution in [0.2, 0.25) is 10.0 Å². The maximum Gasteiger partial charge on any atom is 0.150 e. The number of aliphatic hydroxyl groups is 1. The van der Waals surface area contributed by atoms with Gasteiger partial charge in [-0.25, -0.2) is 0 Å². The number of rotatable bonds is 11. The molecule has 0 aliphatic heterocycles. The summed E-state index contributed by atoms with van der Waals surface area (Å²) >= 11 is 16.3. The number of nitrogens with zero attached hydrogens (tertiary/aromatic N) is 2. The van der Waals surface area contributed by atoms with Crippen molar-refractivity contribution in [1.82, 2.24) is 9.13 Å². The maximum atomic E-state index is 12.6. The van der Waals surface area contributed by atoms with Gasteiger partial charge in [-0.05, 0) is 73.0 Å². The molecule has 8 aromatic rings. The Hall–Kier alpha value is -4.69. The first kappa shape index (κ1) is 36.3. The number of hydrogen-bond donors (Lipinski definition) is 1. The van der Waals surface area contributed by atoms with Crippen LogP contribution in [-0.4, -0.2) is 20.5 Å². The van der Waals surface area contributed by atoms with Gasteiger partial charge in [-0.2, -0.15) is 0 Å². The number of aldehydes is 1. The van der Waals surface area contributed by atoms with E-state index in [-0.39, 0.29) is 0 Å². The number of halogens is 2. The Kier molecular flexibility index (Phi) is 10.5. The Bertz CT molecular complexity index is 2650. The van der Waals surface area contributed by atoms with E-state index >= 15 is 0 Å². The van der Waals surface area contributed by atoms with Gasteiger partial charge in [0.05, 0.1) is 11.0 Å². The fraction of sp³-hybridized carbons (Fsp3) is 0.109. The summed E-state index contributed by atoms with van der Waals surface area (Å²) in [5.41, 5.74) is 8.48. The summed E-state index contributed by atoms with van der Waals surface area (Å²) in [5.74, 6) is 0. The van der Waals surface area contributed by atoms with Crippen LogP contribution in [-0.2, 0) is 13.1 Å². The molecule has 2 aromatic heterocycles. The van der Waals surface area contributed by atoms with Crippen LogP contribution < -0.4 is 0 Å². The van der Waals surface area contributed by atoms with Gasteiger partial charge in [0, 0.05) is 76.0 Å². The van der Waals surface area contributed by atoms with Crippen molar-refractivity contribution in [3.05, 3.63) is 189 Å². The Morgan fingerprint density at radius 1 is 0.630 bits per heavy atom. The summed E-state index contributed by atoms with van der Waals surface area (Å²) in [6.07, 6.45) is -0.205. The van der Waals surface area contributed by atoms with Crippen LogP contribution in [0, 0.1) is 13.8 Å².